The zero-order valence-electron chi connectivity index (χ0n) is 11.0. The maximum absolute atomic E-state index is 11.2. The summed E-state index contributed by atoms with van der Waals surface area (Å²) in [5, 5.41) is 2.86. The van der Waals surface area contributed by atoms with E-state index in [1.54, 1.807) is 0 Å². The minimum absolute atomic E-state index is 0.0701. The predicted octanol–water partition coefficient (Wildman–Crippen LogP) is 4.16. The van der Waals surface area contributed by atoms with E-state index in [2.05, 4.69) is 24.4 Å². The second kappa shape index (κ2) is 7.88. The molecule has 1 aromatic rings. The van der Waals surface area contributed by atoms with Crippen LogP contribution in [-0.4, -0.2) is 5.91 Å². The second-order valence-corrected chi connectivity index (χ2v) is 4.41. The number of aryl methyl sites for hydroxylation is 1. The molecule has 0 spiro atoms. The third kappa shape index (κ3) is 5.53. The molecule has 0 atom stereocenters. The van der Waals surface area contributed by atoms with Gasteiger partial charge in [0.15, 0.2) is 0 Å². The molecule has 0 radical (unpaired) electrons. The lowest BCUT2D eigenvalue weighted by Crippen LogP contribution is -2.09. The Bertz CT molecular complexity index is 329. The topological polar surface area (TPSA) is 29.1 Å². The van der Waals surface area contributed by atoms with E-state index in [0.717, 1.165) is 12.1 Å². The quantitative estimate of drug-likeness (QED) is 0.704. The van der Waals surface area contributed by atoms with Gasteiger partial charge in [0.05, 0.1) is 0 Å². The summed E-state index contributed by atoms with van der Waals surface area (Å²) in [6, 6.07) is 8.19. The monoisotopic (exact) mass is 233 g/mol. The molecule has 0 heterocycles. The van der Waals surface area contributed by atoms with Gasteiger partial charge in [-0.1, -0.05) is 45.2 Å². The van der Waals surface area contributed by atoms with Crippen LogP contribution < -0.4 is 5.32 Å². The van der Waals surface area contributed by atoms with Crippen molar-refractivity contribution in [3.8, 4) is 0 Å². The Kier molecular flexibility index (Phi) is 6.38. The smallest absolute Gasteiger partial charge is 0.224 e. The molecule has 1 amide bonds. The fourth-order valence-electron chi connectivity index (χ4n) is 1.76. The highest BCUT2D eigenvalue weighted by Crippen LogP contribution is 2.12. The van der Waals surface area contributed by atoms with Crippen LogP contribution in [0.2, 0.25) is 0 Å². The van der Waals surface area contributed by atoms with Crippen molar-refractivity contribution in [2.75, 3.05) is 5.32 Å². The van der Waals surface area contributed by atoms with E-state index >= 15 is 0 Å². The van der Waals surface area contributed by atoms with Gasteiger partial charge in [-0.05, 0) is 30.5 Å². The van der Waals surface area contributed by atoms with Crippen molar-refractivity contribution < 1.29 is 4.79 Å². The average Bonchev–Trinajstić information content (AvgIpc) is 2.36. The van der Waals surface area contributed by atoms with Crippen molar-refractivity contribution >= 4 is 11.6 Å². The first kappa shape index (κ1) is 13.8. The van der Waals surface area contributed by atoms with Crippen LogP contribution in [0.15, 0.2) is 24.3 Å². The first-order chi connectivity index (χ1) is 8.26. The first-order valence-corrected chi connectivity index (χ1v) is 6.65. The van der Waals surface area contributed by atoms with Gasteiger partial charge in [-0.25, -0.2) is 0 Å². The van der Waals surface area contributed by atoms with Gasteiger partial charge in [-0.3, -0.25) is 4.79 Å². The summed E-state index contributed by atoms with van der Waals surface area (Å²) in [4.78, 5) is 11.2. The van der Waals surface area contributed by atoms with Crippen molar-refractivity contribution in [3.63, 3.8) is 0 Å². The zero-order chi connectivity index (χ0) is 12.5. The molecule has 0 aliphatic rings. The minimum Gasteiger partial charge on any atom is -0.326 e. The SMILES string of the molecule is CCCCCCc1ccc(NC(=O)CC)cc1. The standard InChI is InChI=1S/C15H23NO/c1-3-5-6-7-8-13-9-11-14(12-10-13)16-15(17)4-2/h9-12H,3-8H2,1-2H3,(H,16,17). The molecule has 94 valence electrons. The van der Waals surface area contributed by atoms with Crippen LogP contribution in [0.1, 0.15) is 51.5 Å². The van der Waals surface area contributed by atoms with Gasteiger partial charge in [0.25, 0.3) is 0 Å². The van der Waals surface area contributed by atoms with Gasteiger partial charge in [0.2, 0.25) is 5.91 Å². The number of nitrogens with one attached hydrogen (secondary N) is 1. The highest BCUT2D eigenvalue weighted by Gasteiger charge is 1.99. The molecule has 1 rings (SSSR count). The van der Waals surface area contributed by atoms with E-state index in [1.165, 1.54) is 31.2 Å². The van der Waals surface area contributed by atoms with Gasteiger partial charge in [-0.15, -0.1) is 0 Å². The van der Waals surface area contributed by atoms with Crippen LogP contribution in [0.5, 0.6) is 0 Å². The molecule has 0 saturated heterocycles. The summed E-state index contributed by atoms with van der Waals surface area (Å²) in [7, 11) is 0. The molecule has 0 aliphatic carbocycles. The van der Waals surface area contributed by atoms with E-state index < -0.39 is 0 Å². The minimum atomic E-state index is 0.0701. The molecule has 2 nitrogen and oxygen atoms in total. The van der Waals surface area contributed by atoms with E-state index in [1.807, 2.05) is 19.1 Å². The van der Waals surface area contributed by atoms with Crippen LogP contribution in [0.4, 0.5) is 5.69 Å². The number of hydrogen-bond donors (Lipinski definition) is 1. The van der Waals surface area contributed by atoms with Gasteiger partial charge in [-0.2, -0.15) is 0 Å². The lowest BCUT2D eigenvalue weighted by molar-refractivity contribution is -0.115. The van der Waals surface area contributed by atoms with Crippen molar-refractivity contribution in [1.29, 1.82) is 0 Å². The number of unbranched alkanes of at least 4 members (excludes halogenated alkanes) is 3. The number of hydrogen-bond acceptors (Lipinski definition) is 1. The maximum atomic E-state index is 11.2. The van der Waals surface area contributed by atoms with E-state index in [-0.39, 0.29) is 5.91 Å². The molecule has 1 aromatic carbocycles. The average molecular weight is 233 g/mol. The third-order valence-corrected chi connectivity index (χ3v) is 2.88. The third-order valence-electron chi connectivity index (χ3n) is 2.88. The Morgan fingerprint density at radius 3 is 2.35 bits per heavy atom. The van der Waals surface area contributed by atoms with Crippen LogP contribution in [0.25, 0.3) is 0 Å². The summed E-state index contributed by atoms with van der Waals surface area (Å²) < 4.78 is 0. The number of benzene rings is 1. The lowest BCUT2D eigenvalue weighted by Gasteiger charge is -2.05. The van der Waals surface area contributed by atoms with Crippen molar-refractivity contribution in [1.82, 2.24) is 0 Å². The number of anilines is 1. The predicted molar refractivity (Wildman–Crippen MR) is 73.2 cm³/mol. The number of rotatable bonds is 7. The first-order valence-electron chi connectivity index (χ1n) is 6.65. The lowest BCUT2D eigenvalue weighted by atomic mass is 10.1. The van der Waals surface area contributed by atoms with Crippen molar-refractivity contribution in [2.45, 2.75) is 52.4 Å². The highest BCUT2D eigenvalue weighted by atomic mass is 16.1. The summed E-state index contributed by atoms with van der Waals surface area (Å²) >= 11 is 0. The van der Waals surface area contributed by atoms with Crippen LogP contribution in [-0.2, 0) is 11.2 Å². The van der Waals surface area contributed by atoms with Crippen molar-refractivity contribution in [3.05, 3.63) is 29.8 Å². The Morgan fingerprint density at radius 2 is 1.76 bits per heavy atom. The zero-order valence-corrected chi connectivity index (χ0v) is 11.0. The number of carbonyl (C=O) groups excluding carboxylic acids is 1. The second-order valence-electron chi connectivity index (χ2n) is 4.41. The number of amides is 1. The van der Waals surface area contributed by atoms with Crippen LogP contribution in [0.3, 0.4) is 0 Å². The summed E-state index contributed by atoms with van der Waals surface area (Å²) in [5.41, 5.74) is 2.25. The fraction of sp³-hybridized carbons (Fsp3) is 0.533. The Balaban J connectivity index is 2.36. The van der Waals surface area contributed by atoms with Gasteiger partial charge in [0, 0.05) is 12.1 Å². The molecule has 0 unspecified atom stereocenters. The molecule has 0 fully saturated rings. The molecule has 1 N–H and O–H groups in total. The Hall–Kier alpha value is -1.31. The molecular formula is C15H23NO. The Labute approximate surface area is 104 Å². The molecule has 0 aromatic heterocycles. The van der Waals surface area contributed by atoms with E-state index in [4.69, 9.17) is 0 Å². The summed E-state index contributed by atoms with van der Waals surface area (Å²) in [6.45, 7) is 4.09. The van der Waals surface area contributed by atoms with Crippen molar-refractivity contribution in [2.24, 2.45) is 0 Å². The molecule has 2 heteroatoms. The van der Waals surface area contributed by atoms with Gasteiger partial charge < -0.3 is 5.32 Å². The summed E-state index contributed by atoms with van der Waals surface area (Å²) in [6.07, 6.45) is 6.84. The highest BCUT2D eigenvalue weighted by molar-refractivity contribution is 5.90. The van der Waals surface area contributed by atoms with Gasteiger partial charge in [0.1, 0.15) is 0 Å². The maximum Gasteiger partial charge on any atom is 0.224 e. The van der Waals surface area contributed by atoms with Crippen LogP contribution in [0, 0.1) is 0 Å². The fourth-order valence-corrected chi connectivity index (χ4v) is 1.76. The molecule has 17 heavy (non-hydrogen) atoms. The molecular weight excluding hydrogens is 210 g/mol. The molecule has 0 saturated carbocycles. The molecule has 0 aliphatic heterocycles. The summed E-state index contributed by atoms with van der Waals surface area (Å²) in [5.74, 6) is 0.0701. The van der Waals surface area contributed by atoms with E-state index in [9.17, 15) is 4.79 Å². The molecule has 0 bridgehead atoms. The largest absolute Gasteiger partial charge is 0.326 e. The van der Waals surface area contributed by atoms with E-state index in [0.29, 0.717) is 6.42 Å². The number of carbonyl (C=O) groups is 1. The van der Waals surface area contributed by atoms with Crippen LogP contribution >= 0.6 is 0 Å². The Morgan fingerprint density at radius 1 is 1.06 bits per heavy atom. The van der Waals surface area contributed by atoms with Gasteiger partial charge >= 0.3 is 0 Å². The normalized spacial score (nSPS) is 10.2.